The Morgan fingerprint density at radius 3 is 2.55 bits per heavy atom. The number of fused-ring (bicyclic) bond motifs is 2. The van der Waals surface area contributed by atoms with Gasteiger partial charge in [-0.25, -0.2) is 4.79 Å². The van der Waals surface area contributed by atoms with E-state index in [2.05, 4.69) is 0 Å². The summed E-state index contributed by atoms with van der Waals surface area (Å²) in [5.74, 6) is 0. The monoisotopic (exact) mass is 277 g/mol. The van der Waals surface area contributed by atoms with E-state index in [0.29, 0.717) is 26.1 Å². The molecular formula is C15H19NO4. The predicted molar refractivity (Wildman–Crippen MR) is 72.1 cm³/mol. The molecule has 0 saturated carbocycles. The Labute approximate surface area is 118 Å². The smallest absolute Gasteiger partial charge is 0.410 e. The van der Waals surface area contributed by atoms with E-state index in [1.54, 1.807) is 4.90 Å². The van der Waals surface area contributed by atoms with Gasteiger partial charge in [-0.1, -0.05) is 30.3 Å². The molecule has 2 heterocycles. The maximum atomic E-state index is 12.3. The molecule has 1 unspecified atom stereocenters. The fourth-order valence-corrected chi connectivity index (χ4v) is 2.98. The van der Waals surface area contributed by atoms with E-state index in [-0.39, 0.29) is 30.9 Å². The lowest BCUT2D eigenvalue weighted by Gasteiger charge is -2.46. The van der Waals surface area contributed by atoms with Gasteiger partial charge >= 0.3 is 6.09 Å². The lowest BCUT2D eigenvalue weighted by molar-refractivity contribution is -0.0954. The maximum absolute atomic E-state index is 12.3. The fraction of sp³-hybridized carbons (Fsp3) is 0.533. The van der Waals surface area contributed by atoms with Crippen LogP contribution in [0.15, 0.2) is 30.3 Å². The highest BCUT2D eigenvalue weighted by Crippen LogP contribution is 2.28. The van der Waals surface area contributed by atoms with Crippen molar-refractivity contribution in [3.63, 3.8) is 0 Å². The third-order valence-corrected chi connectivity index (χ3v) is 3.91. The SMILES string of the molecule is O=C(OCc1ccccc1)N1[C@@H]2COC[C@H]1CC(O)C2. The second kappa shape index (κ2) is 5.81. The van der Waals surface area contributed by atoms with Gasteiger partial charge in [0.05, 0.1) is 31.4 Å². The number of carbonyl (C=O) groups excluding carboxylic acids is 1. The van der Waals surface area contributed by atoms with Gasteiger partial charge in [-0.3, -0.25) is 4.90 Å². The van der Waals surface area contributed by atoms with Crippen LogP contribution in [0.1, 0.15) is 18.4 Å². The van der Waals surface area contributed by atoms with Crippen molar-refractivity contribution >= 4 is 6.09 Å². The molecule has 1 amide bonds. The standard InChI is InChI=1S/C15H19NO4/c17-14-6-12-9-19-10-13(7-14)16(12)15(18)20-8-11-4-2-1-3-5-11/h1-5,12-14,17H,6-10H2/t12-,13+,14?. The zero-order valence-electron chi connectivity index (χ0n) is 11.3. The number of benzene rings is 1. The number of piperidine rings is 1. The minimum atomic E-state index is -0.341. The van der Waals surface area contributed by atoms with Crippen molar-refractivity contribution in [2.24, 2.45) is 0 Å². The Morgan fingerprint density at radius 1 is 1.25 bits per heavy atom. The number of nitrogens with zero attached hydrogens (tertiary/aromatic N) is 1. The zero-order chi connectivity index (χ0) is 13.9. The van der Waals surface area contributed by atoms with E-state index >= 15 is 0 Å². The van der Waals surface area contributed by atoms with Gasteiger partial charge in [0.15, 0.2) is 0 Å². The highest BCUT2D eigenvalue weighted by atomic mass is 16.6. The molecule has 1 N–H and O–H groups in total. The largest absolute Gasteiger partial charge is 0.445 e. The Balaban J connectivity index is 1.62. The van der Waals surface area contributed by atoms with Gasteiger partial charge in [0, 0.05) is 0 Å². The molecule has 108 valence electrons. The molecule has 3 rings (SSSR count). The van der Waals surface area contributed by atoms with Crippen LogP contribution in [-0.4, -0.2) is 47.5 Å². The number of hydrogen-bond donors (Lipinski definition) is 1. The Kier molecular flexibility index (Phi) is 3.89. The van der Waals surface area contributed by atoms with Crippen molar-refractivity contribution in [3.05, 3.63) is 35.9 Å². The molecule has 5 nitrogen and oxygen atoms in total. The number of rotatable bonds is 2. The number of aliphatic hydroxyl groups is 1. The van der Waals surface area contributed by atoms with Gasteiger partial charge in [0.1, 0.15) is 6.61 Å². The molecule has 2 saturated heterocycles. The van der Waals surface area contributed by atoms with Gasteiger partial charge in [0.2, 0.25) is 0 Å². The van der Waals surface area contributed by atoms with Crippen molar-refractivity contribution in [1.82, 2.24) is 4.90 Å². The van der Waals surface area contributed by atoms with Crippen LogP contribution in [-0.2, 0) is 16.1 Å². The Morgan fingerprint density at radius 2 is 1.90 bits per heavy atom. The van der Waals surface area contributed by atoms with E-state index in [4.69, 9.17) is 9.47 Å². The van der Waals surface area contributed by atoms with Crippen LogP contribution in [0.4, 0.5) is 4.79 Å². The summed E-state index contributed by atoms with van der Waals surface area (Å²) in [6.07, 6.45) is 0.486. The van der Waals surface area contributed by atoms with Crippen LogP contribution in [0.2, 0.25) is 0 Å². The topological polar surface area (TPSA) is 59.0 Å². The maximum Gasteiger partial charge on any atom is 0.410 e. The minimum absolute atomic E-state index is 0.0687. The molecule has 2 aliphatic heterocycles. The number of ether oxygens (including phenoxy) is 2. The first kappa shape index (κ1) is 13.4. The summed E-state index contributed by atoms with van der Waals surface area (Å²) in [7, 11) is 0. The van der Waals surface area contributed by atoms with Gasteiger partial charge in [-0.15, -0.1) is 0 Å². The van der Waals surface area contributed by atoms with Crippen LogP contribution in [0.3, 0.4) is 0 Å². The van der Waals surface area contributed by atoms with Crippen LogP contribution in [0.25, 0.3) is 0 Å². The third-order valence-electron chi connectivity index (χ3n) is 3.91. The van der Waals surface area contributed by atoms with Crippen molar-refractivity contribution < 1.29 is 19.4 Å². The molecule has 3 atom stereocenters. The number of morpholine rings is 1. The molecule has 0 aliphatic carbocycles. The average Bonchev–Trinajstić information content (AvgIpc) is 2.45. The molecule has 1 aromatic carbocycles. The zero-order valence-corrected chi connectivity index (χ0v) is 11.3. The molecule has 0 aromatic heterocycles. The third kappa shape index (κ3) is 2.78. The Bertz CT molecular complexity index is 450. The lowest BCUT2D eigenvalue weighted by Crippen LogP contribution is -2.60. The molecular weight excluding hydrogens is 258 g/mol. The summed E-state index contributed by atoms with van der Waals surface area (Å²) in [5, 5.41) is 9.79. The highest BCUT2D eigenvalue weighted by Gasteiger charge is 2.41. The molecule has 2 bridgehead atoms. The van der Waals surface area contributed by atoms with Crippen LogP contribution < -0.4 is 0 Å². The molecule has 2 fully saturated rings. The van der Waals surface area contributed by atoms with E-state index < -0.39 is 0 Å². The first-order valence-electron chi connectivity index (χ1n) is 6.99. The van der Waals surface area contributed by atoms with Crippen molar-refractivity contribution in [3.8, 4) is 0 Å². The van der Waals surface area contributed by atoms with Gasteiger partial charge < -0.3 is 14.6 Å². The number of amides is 1. The molecule has 0 radical (unpaired) electrons. The first-order chi connectivity index (χ1) is 9.74. The van der Waals surface area contributed by atoms with Crippen molar-refractivity contribution in [2.75, 3.05) is 13.2 Å². The lowest BCUT2D eigenvalue weighted by atomic mass is 9.92. The van der Waals surface area contributed by atoms with Crippen molar-refractivity contribution in [1.29, 1.82) is 0 Å². The van der Waals surface area contributed by atoms with Gasteiger partial charge in [-0.05, 0) is 18.4 Å². The molecule has 20 heavy (non-hydrogen) atoms. The summed E-state index contributed by atoms with van der Waals surface area (Å²) >= 11 is 0. The Hall–Kier alpha value is -1.59. The first-order valence-corrected chi connectivity index (χ1v) is 6.99. The predicted octanol–water partition coefficient (Wildman–Crippen LogP) is 1.55. The van der Waals surface area contributed by atoms with E-state index in [1.807, 2.05) is 30.3 Å². The quantitative estimate of drug-likeness (QED) is 0.891. The van der Waals surface area contributed by atoms with Crippen LogP contribution >= 0.6 is 0 Å². The van der Waals surface area contributed by atoms with E-state index in [1.165, 1.54) is 0 Å². The highest BCUT2D eigenvalue weighted by molar-refractivity contribution is 5.69. The second-order valence-corrected chi connectivity index (χ2v) is 5.42. The van der Waals surface area contributed by atoms with Gasteiger partial charge in [-0.2, -0.15) is 0 Å². The summed E-state index contributed by atoms with van der Waals surface area (Å²) in [4.78, 5) is 14.0. The van der Waals surface area contributed by atoms with E-state index in [0.717, 1.165) is 5.56 Å². The average molecular weight is 277 g/mol. The van der Waals surface area contributed by atoms with Crippen LogP contribution in [0, 0.1) is 0 Å². The van der Waals surface area contributed by atoms with Crippen LogP contribution in [0.5, 0.6) is 0 Å². The summed E-state index contributed by atoms with van der Waals surface area (Å²) in [6.45, 7) is 1.24. The summed E-state index contributed by atoms with van der Waals surface area (Å²) in [5.41, 5.74) is 0.972. The minimum Gasteiger partial charge on any atom is -0.445 e. The molecule has 5 heteroatoms. The van der Waals surface area contributed by atoms with Gasteiger partial charge in [0.25, 0.3) is 0 Å². The number of hydrogen-bond acceptors (Lipinski definition) is 4. The second-order valence-electron chi connectivity index (χ2n) is 5.42. The molecule has 2 aliphatic rings. The normalized spacial score (nSPS) is 29.1. The summed E-state index contributed by atoms with van der Waals surface area (Å²) < 4.78 is 10.9. The summed E-state index contributed by atoms with van der Waals surface area (Å²) in [6, 6.07) is 9.49. The van der Waals surface area contributed by atoms with Crippen molar-refractivity contribution in [2.45, 2.75) is 37.6 Å². The fourth-order valence-electron chi connectivity index (χ4n) is 2.98. The molecule has 1 aromatic rings. The number of aliphatic hydroxyl groups excluding tert-OH is 1. The number of carbonyl (C=O) groups is 1. The molecule has 0 spiro atoms. The van der Waals surface area contributed by atoms with E-state index in [9.17, 15) is 9.90 Å².